The third-order valence-corrected chi connectivity index (χ3v) is 6.38. The van der Waals surface area contributed by atoms with Gasteiger partial charge in [-0.3, -0.25) is 4.79 Å². The summed E-state index contributed by atoms with van der Waals surface area (Å²) in [6, 6.07) is 7.44. The van der Waals surface area contributed by atoms with E-state index in [-0.39, 0.29) is 28.4 Å². The Labute approximate surface area is 204 Å². The van der Waals surface area contributed by atoms with Crippen LogP contribution in [0.1, 0.15) is 40.5 Å². The van der Waals surface area contributed by atoms with Crippen molar-refractivity contribution in [2.45, 2.75) is 39.2 Å². The molecule has 0 bridgehead atoms. The molecule has 0 fully saturated rings. The average molecular weight is 496 g/mol. The summed E-state index contributed by atoms with van der Waals surface area (Å²) in [5.41, 5.74) is 6.87. The summed E-state index contributed by atoms with van der Waals surface area (Å²) in [5, 5.41) is 21.4. The molecule has 0 saturated heterocycles. The SMILES string of the molecule is Cc1nc(-c2ccc3ccnc(NC(CCCN)CC(=O)Nc4nc(C)c(C(=O)O)s4)c3c2)no1. The third-order valence-electron chi connectivity index (χ3n) is 5.32. The van der Waals surface area contributed by atoms with Crippen LogP contribution in [-0.4, -0.2) is 49.7 Å². The molecule has 0 saturated carbocycles. The zero-order chi connectivity index (χ0) is 24.9. The fraction of sp³-hybridized carbons (Fsp3) is 0.304. The number of carbonyl (C=O) groups is 2. The van der Waals surface area contributed by atoms with Gasteiger partial charge in [-0.2, -0.15) is 4.98 Å². The van der Waals surface area contributed by atoms with Gasteiger partial charge in [0.25, 0.3) is 0 Å². The van der Waals surface area contributed by atoms with Gasteiger partial charge in [-0.25, -0.2) is 14.8 Å². The number of carboxylic acids is 1. The second-order valence-corrected chi connectivity index (χ2v) is 8.99. The highest BCUT2D eigenvalue weighted by Crippen LogP contribution is 2.28. The molecule has 3 heterocycles. The van der Waals surface area contributed by atoms with E-state index in [2.05, 4.69) is 30.7 Å². The molecule has 1 aromatic carbocycles. The van der Waals surface area contributed by atoms with E-state index in [0.717, 1.165) is 27.7 Å². The summed E-state index contributed by atoms with van der Waals surface area (Å²) in [6.07, 6.45) is 3.18. The van der Waals surface area contributed by atoms with Crippen LogP contribution in [0.3, 0.4) is 0 Å². The van der Waals surface area contributed by atoms with E-state index < -0.39 is 5.97 Å². The van der Waals surface area contributed by atoms with Gasteiger partial charge < -0.3 is 26.0 Å². The molecular formula is C23H25N7O4S. The van der Waals surface area contributed by atoms with E-state index in [9.17, 15) is 14.7 Å². The van der Waals surface area contributed by atoms with Crippen molar-refractivity contribution in [1.82, 2.24) is 20.1 Å². The second-order valence-electron chi connectivity index (χ2n) is 8.00. The predicted octanol–water partition coefficient (Wildman–Crippen LogP) is 3.60. The van der Waals surface area contributed by atoms with Crippen molar-refractivity contribution in [3.63, 3.8) is 0 Å². The lowest BCUT2D eigenvalue weighted by Crippen LogP contribution is -2.27. The summed E-state index contributed by atoms with van der Waals surface area (Å²) in [5.74, 6) is 0.229. The van der Waals surface area contributed by atoms with Gasteiger partial charge in [-0.1, -0.05) is 28.6 Å². The lowest BCUT2D eigenvalue weighted by Gasteiger charge is -2.20. The lowest BCUT2D eigenvalue weighted by atomic mass is 10.0. The van der Waals surface area contributed by atoms with E-state index in [4.69, 9.17) is 10.3 Å². The first kappa shape index (κ1) is 24.2. The molecule has 5 N–H and O–H groups in total. The lowest BCUT2D eigenvalue weighted by molar-refractivity contribution is -0.116. The van der Waals surface area contributed by atoms with Gasteiger partial charge in [0, 0.05) is 36.5 Å². The van der Waals surface area contributed by atoms with Crippen LogP contribution >= 0.6 is 11.3 Å². The van der Waals surface area contributed by atoms with Crippen molar-refractivity contribution in [2.75, 3.05) is 17.2 Å². The number of hydrogen-bond donors (Lipinski definition) is 4. The maximum Gasteiger partial charge on any atom is 0.347 e. The zero-order valence-corrected chi connectivity index (χ0v) is 20.1. The minimum Gasteiger partial charge on any atom is -0.477 e. The van der Waals surface area contributed by atoms with E-state index in [0.29, 0.717) is 42.6 Å². The Morgan fingerprint density at radius 3 is 2.74 bits per heavy atom. The number of nitrogens with zero attached hydrogens (tertiary/aromatic N) is 4. The molecule has 0 radical (unpaired) electrons. The van der Waals surface area contributed by atoms with E-state index >= 15 is 0 Å². The number of aromatic carboxylic acids is 1. The number of carboxylic acid groups (broad SMARTS) is 1. The number of amides is 1. The number of thiazole rings is 1. The standard InChI is InChI=1S/C23H25N7O4S/c1-12-19(22(32)33)35-23(26-12)29-18(31)11-16(4-3-8-24)28-21-17-10-15(20-27-13(2)34-30-20)6-5-14(17)7-9-25-21/h5-7,9-10,16H,3-4,8,11,24H2,1-2H3,(H,25,28)(H,32,33)(H,26,29,31). The van der Waals surface area contributed by atoms with Gasteiger partial charge >= 0.3 is 5.97 Å². The molecule has 1 atom stereocenters. The molecule has 1 unspecified atom stereocenters. The first-order valence-electron chi connectivity index (χ1n) is 11.0. The number of carbonyl (C=O) groups excluding carboxylic acids is 1. The first-order chi connectivity index (χ1) is 16.8. The smallest absolute Gasteiger partial charge is 0.347 e. The zero-order valence-electron chi connectivity index (χ0n) is 19.2. The van der Waals surface area contributed by atoms with Gasteiger partial charge in [0.15, 0.2) is 5.13 Å². The molecular weight excluding hydrogens is 470 g/mol. The minimum atomic E-state index is -1.07. The quantitative estimate of drug-likeness (QED) is 0.255. The number of aromatic nitrogens is 4. The van der Waals surface area contributed by atoms with Crippen LogP contribution in [0.15, 0.2) is 35.0 Å². The molecule has 4 aromatic rings. The molecule has 0 aliphatic heterocycles. The summed E-state index contributed by atoms with van der Waals surface area (Å²) >= 11 is 0.933. The number of nitrogens with two attached hydrogens (primary N) is 1. The molecule has 12 heteroatoms. The number of pyridine rings is 1. The Morgan fingerprint density at radius 2 is 2.06 bits per heavy atom. The molecule has 1 amide bonds. The summed E-state index contributed by atoms with van der Waals surface area (Å²) in [4.78, 5) is 37.1. The van der Waals surface area contributed by atoms with Crippen LogP contribution in [0.4, 0.5) is 10.9 Å². The predicted molar refractivity (Wildman–Crippen MR) is 133 cm³/mol. The highest BCUT2D eigenvalue weighted by molar-refractivity contribution is 7.17. The van der Waals surface area contributed by atoms with Crippen molar-refractivity contribution in [3.8, 4) is 11.4 Å². The van der Waals surface area contributed by atoms with Crippen molar-refractivity contribution in [2.24, 2.45) is 5.73 Å². The van der Waals surface area contributed by atoms with Gasteiger partial charge in [0.1, 0.15) is 10.7 Å². The Morgan fingerprint density at radius 1 is 1.23 bits per heavy atom. The maximum absolute atomic E-state index is 12.8. The molecule has 0 aliphatic rings. The molecule has 0 spiro atoms. The number of anilines is 2. The summed E-state index contributed by atoms with van der Waals surface area (Å²) in [7, 11) is 0. The van der Waals surface area contributed by atoms with Crippen LogP contribution in [-0.2, 0) is 4.79 Å². The van der Waals surface area contributed by atoms with E-state index in [1.807, 2.05) is 24.3 Å². The van der Waals surface area contributed by atoms with Crippen LogP contribution in [0, 0.1) is 13.8 Å². The fourth-order valence-electron chi connectivity index (χ4n) is 3.66. The number of rotatable bonds is 10. The van der Waals surface area contributed by atoms with Crippen molar-refractivity contribution in [3.05, 3.63) is 46.9 Å². The largest absolute Gasteiger partial charge is 0.477 e. The number of benzene rings is 1. The van der Waals surface area contributed by atoms with E-state index in [1.165, 1.54) is 0 Å². The second kappa shape index (κ2) is 10.6. The van der Waals surface area contributed by atoms with Crippen LogP contribution in [0.25, 0.3) is 22.2 Å². The molecule has 4 rings (SSSR count). The number of aryl methyl sites for hydroxylation is 2. The number of nitrogens with one attached hydrogen (secondary N) is 2. The topological polar surface area (TPSA) is 169 Å². The van der Waals surface area contributed by atoms with E-state index in [1.54, 1.807) is 20.0 Å². The van der Waals surface area contributed by atoms with Gasteiger partial charge in [-0.15, -0.1) is 0 Å². The van der Waals surface area contributed by atoms with Crippen molar-refractivity contribution >= 4 is 44.9 Å². The van der Waals surface area contributed by atoms with Crippen LogP contribution < -0.4 is 16.4 Å². The normalized spacial score (nSPS) is 12.0. The van der Waals surface area contributed by atoms with Crippen LogP contribution in [0.2, 0.25) is 0 Å². The van der Waals surface area contributed by atoms with Gasteiger partial charge in [-0.05, 0) is 43.8 Å². The van der Waals surface area contributed by atoms with Crippen molar-refractivity contribution < 1.29 is 19.2 Å². The Bertz CT molecular complexity index is 1370. The monoisotopic (exact) mass is 495 g/mol. The Kier molecular flexibility index (Phi) is 7.32. The summed E-state index contributed by atoms with van der Waals surface area (Å²) in [6.45, 7) is 3.81. The molecule has 182 valence electrons. The number of hydrogen-bond acceptors (Lipinski definition) is 10. The first-order valence-corrected chi connectivity index (χ1v) is 11.8. The Hall–Kier alpha value is -3.90. The van der Waals surface area contributed by atoms with Crippen LogP contribution in [0.5, 0.6) is 0 Å². The highest BCUT2D eigenvalue weighted by Gasteiger charge is 2.19. The number of fused-ring (bicyclic) bond motifs is 1. The maximum atomic E-state index is 12.8. The third kappa shape index (κ3) is 5.78. The molecule has 11 nitrogen and oxygen atoms in total. The minimum absolute atomic E-state index is 0.102. The average Bonchev–Trinajstić information content (AvgIpc) is 3.42. The van der Waals surface area contributed by atoms with Gasteiger partial charge in [0.2, 0.25) is 17.6 Å². The molecule has 35 heavy (non-hydrogen) atoms. The fourth-order valence-corrected chi connectivity index (χ4v) is 4.49. The van der Waals surface area contributed by atoms with Gasteiger partial charge in [0.05, 0.1) is 5.69 Å². The summed E-state index contributed by atoms with van der Waals surface area (Å²) < 4.78 is 5.10. The Balaban J connectivity index is 1.54. The molecule has 0 aliphatic carbocycles. The van der Waals surface area contributed by atoms with Crippen molar-refractivity contribution in [1.29, 1.82) is 0 Å². The highest BCUT2D eigenvalue weighted by atomic mass is 32.1. The molecule has 3 aromatic heterocycles.